The minimum absolute atomic E-state index is 0.00501. The van der Waals surface area contributed by atoms with Gasteiger partial charge in [0.2, 0.25) is 11.8 Å². The molecule has 0 aliphatic carbocycles. The molecule has 560 valence electrons. The van der Waals surface area contributed by atoms with Gasteiger partial charge in [-0.25, -0.2) is 0 Å². The number of hydrogen-bond acceptors (Lipinski definition) is 25. The Hall–Kier alpha value is -3.13. The summed E-state index contributed by atoms with van der Waals surface area (Å²) in [5.41, 5.74) is 0. The minimum atomic E-state index is -3.73. The molecule has 27 nitrogen and oxygen atoms in total. The number of carbonyl (C=O) groups excluding carboxylic acids is 4. The predicted octanol–water partition coefficient (Wildman–Crippen LogP) is 5.63. The van der Waals surface area contributed by atoms with Crippen LogP contribution in [0.3, 0.4) is 0 Å². The van der Waals surface area contributed by atoms with Gasteiger partial charge in [-0.2, -0.15) is 0 Å². The van der Waals surface area contributed by atoms with E-state index >= 15 is 0 Å². The molecule has 96 heavy (non-hydrogen) atoms. The van der Waals surface area contributed by atoms with E-state index in [1.807, 2.05) is 0 Å². The third-order valence-electron chi connectivity index (χ3n) is 17.1. The molecule has 0 aromatic heterocycles. The van der Waals surface area contributed by atoms with Crippen molar-refractivity contribution in [3.05, 3.63) is 24.3 Å². The molecule has 0 bridgehead atoms. The number of aliphatic hydroxyl groups excluding tert-OH is 10. The lowest BCUT2D eigenvalue weighted by atomic mass is 9.96. The molecule has 0 radical (unpaired) electrons. The van der Waals surface area contributed by atoms with Crippen molar-refractivity contribution in [1.29, 1.82) is 0 Å². The van der Waals surface area contributed by atoms with Gasteiger partial charge >= 0.3 is 19.5 Å². The van der Waals surface area contributed by atoms with Crippen molar-refractivity contribution in [2.45, 2.75) is 318 Å². The molecule has 0 aromatic rings. The normalized spacial score (nSPS) is 27.2. The number of amides is 2. The lowest BCUT2D eigenvalue weighted by Crippen LogP contribution is -2.66. The maximum absolute atomic E-state index is 13.3. The van der Waals surface area contributed by atoms with Gasteiger partial charge in [0.05, 0.1) is 39.6 Å². The van der Waals surface area contributed by atoms with Gasteiger partial charge in [0.1, 0.15) is 79.9 Å². The molecule has 3 saturated heterocycles. The molecule has 12 N–H and O–H groups in total. The summed E-state index contributed by atoms with van der Waals surface area (Å²) < 4.78 is 69.0. The highest BCUT2D eigenvalue weighted by atomic mass is 31.2. The summed E-state index contributed by atoms with van der Waals surface area (Å²) in [6, 6.07) is 0. The van der Waals surface area contributed by atoms with Gasteiger partial charge in [-0.15, -0.1) is 0 Å². The van der Waals surface area contributed by atoms with E-state index in [9.17, 15) is 74.8 Å². The van der Waals surface area contributed by atoms with E-state index in [1.54, 1.807) is 0 Å². The highest BCUT2D eigenvalue weighted by Crippen LogP contribution is 2.44. The van der Waals surface area contributed by atoms with E-state index in [-0.39, 0.29) is 77.0 Å². The second-order valence-electron chi connectivity index (χ2n) is 25.5. The maximum atomic E-state index is 13.3. The number of allylic oxidation sites excluding steroid dienone is 4. The van der Waals surface area contributed by atoms with Crippen LogP contribution in [0, 0.1) is 0 Å². The van der Waals surface area contributed by atoms with Crippen molar-refractivity contribution in [3.8, 4) is 0 Å². The van der Waals surface area contributed by atoms with Crippen LogP contribution in [-0.4, -0.2) is 239 Å². The second kappa shape index (κ2) is 52.8. The molecule has 3 aliphatic rings. The van der Waals surface area contributed by atoms with Gasteiger partial charge < -0.3 is 109 Å². The summed E-state index contributed by atoms with van der Waals surface area (Å²) in [7, 11) is -3.73. The first-order valence-corrected chi connectivity index (χ1v) is 37.8. The van der Waals surface area contributed by atoms with Crippen molar-refractivity contribution in [1.82, 2.24) is 10.6 Å². The molecule has 0 spiro atoms. The van der Waals surface area contributed by atoms with Gasteiger partial charge in [-0.1, -0.05) is 141 Å². The van der Waals surface area contributed by atoms with Crippen LogP contribution >= 0.6 is 7.60 Å². The highest BCUT2D eigenvalue weighted by Gasteiger charge is 2.53. The fraction of sp³-hybridized carbons (Fsp3) is 0.882. The molecular weight excluding hydrogens is 1280 g/mol. The van der Waals surface area contributed by atoms with Crippen molar-refractivity contribution >= 4 is 31.3 Å². The van der Waals surface area contributed by atoms with E-state index in [0.717, 1.165) is 77.0 Å². The Kier molecular flexibility index (Phi) is 47.9. The minimum Gasteiger partial charge on any atom is -0.462 e. The van der Waals surface area contributed by atoms with Gasteiger partial charge in [0.15, 0.2) is 25.0 Å². The topological polar surface area (TPSA) is 404 Å². The summed E-state index contributed by atoms with van der Waals surface area (Å²) in [5, 5.41) is 110. The van der Waals surface area contributed by atoms with Crippen LogP contribution in [0.15, 0.2) is 24.3 Å². The Bertz CT molecular complexity index is 2150. The Balaban J connectivity index is 1.33. The average Bonchev–Trinajstić information content (AvgIpc) is 0.789. The van der Waals surface area contributed by atoms with Crippen molar-refractivity contribution in [3.63, 3.8) is 0 Å². The zero-order valence-electron chi connectivity index (χ0n) is 57.6. The number of carbonyl (C=O) groups is 4. The number of esters is 2. The summed E-state index contributed by atoms with van der Waals surface area (Å²) in [4.78, 5) is 51.0. The maximum Gasteiger partial charge on any atom is 0.327 e. The zero-order valence-corrected chi connectivity index (χ0v) is 58.5. The van der Waals surface area contributed by atoms with Crippen molar-refractivity contribution in [2.24, 2.45) is 0 Å². The second-order valence-corrected chi connectivity index (χ2v) is 27.5. The lowest BCUT2D eigenvalue weighted by molar-refractivity contribution is -0.379. The monoisotopic (exact) mass is 1400 g/mol. The van der Waals surface area contributed by atoms with E-state index in [1.165, 1.54) is 83.7 Å². The molecular formula is C68H123N2O25P. The summed E-state index contributed by atoms with van der Waals surface area (Å²) in [6.45, 7) is 2.16. The molecule has 0 saturated carbocycles. The van der Waals surface area contributed by atoms with E-state index < -0.39 is 138 Å². The first-order chi connectivity index (χ1) is 46.3. The Morgan fingerprint density at radius 1 is 0.438 bits per heavy atom. The molecule has 3 heterocycles. The standard InChI is InChI=1S/C68H123N2O25P/c1-4-6-8-10-12-14-16-18-20-22-24-26-28-30-32-38-55(76)87-47-49(90-56(77)39-33-31-29-27-25-23-21-19-17-15-13-11-9-7-5-2)48-89-96(3,85)88-43-41-70-54(75)37-35-34-36-53(74)69-40-42-86-66-62(83)59(80)64(51(45-72)92-66)95-68-63(84)60(81)65(52(46-73)93-68)94-67-61(82)58(79)57(78)50(44-71)91-67/h18-21,49-52,57-68,71-73,78-84H,4-17,22-48H2,1-3H3,(H,69,74)(H,70,75)/b20-18-,21-19-/t49-,50?,51?,52?,57-,58-,59+,60+,61?,62?,63?,64-,65-,66+,67-,68-,96?/m0/s1. The van der Waals surface area contributed by atoms with Crippen LogP contribution in [0.2, 0.25) is 0 Å². The Labute approximate surface area is 569 Å². The molecule has 2 amide bonds. The lowest BCUT2D eigenvalue weighted by Gasteiger charge is -2.48. The van der Waals surface area contributed by atoms with Crippen LogP contribution in [0.25, 0.3) is 0 Å². The molecule has 7 unspecified atom stereocenters. The smallest absolute Gasteiger partial charge is 0.327 e. The average molecular weight is 1400 g/mol. The summed E-state index contributed by atoms with van der Waals surface area (Å²) in [6.07, 6.45) is 12.9. The van der Waals surface area contributed by atoms with E-state index in [2.05, 4.69) is 48.8 Å². The number of ether oxygens (including phenoxy) is 8. The summed E-state index contributed by atoms with van der Waals surface area (Å²) >= 11 is 0. The van der Waals surface area contributed by atoms with Crippen LogP contribution in [-0.2, 0) is 70.7 Å². The van der Waals surface area contributed by atoms with Crippen LogP contribution in [0.1, 0.15) is 219 Å². The highest BCUT2D eigenvalue weighted by molar-refractivity contribution is 7.52. The Morgan fingerprint density at radius 3 is 1.29 bits per heavy atom. The van der Waals surface area contributed by atoms with Gasteiger partial charge in [-0.05, 0) is 77.0 Å². The molecule has 28 heteroatoms. The quantitative estimate of drug-likeness (QED) is 0.0152. The predicted molar refractivity (Wildman–Crippen MR) is 355 cm³/mol. The SMILES string of the molecule is CCCCCCCC/C=C\CCCCCCCC(=O)OC[C@@H](COP(C)(=O)OCCNC(=O)CCCCC(=O)NCCO[C@@H]1OC(CO)[C@H](O[C@@H]2OC(CO)[C@H](O[C@@H]3OC(CO)[C@H](O)[C@H](O)C3O)[C@H](O)C2O)[C@H](O)C1O)OC(=O)CCCCCCC/C=C\CCCCCCCC. The molecule has 3 fully saturated rings. The van der Waals surface area contributed by atoms with E-state index in [4.69, 9.17) is 46.9 Å². The summed E-state index contributed by atoms with van der Waals surface area (Å²) in [5.74, 6) is -1.62. The zero-order chi connectivity index (χ0) is 70.4. The fourth-order valence-electron chi connectivity index (χ4n) is 11.3. The molecule has 17 atom stereocenters. The van der Waals surface area contributed by atoms with E-state index in [0.29, 0.717) is 25.7 Å². The first kappa shape index (κ1) is 87.1. The first-order valence-electron chi connectivity index (χ1n) is 35.8. The third kappa shape index (κ3) is 36.5. The number of hydrogen-bond donors (Lipinski definition) is 12. The fourth-order valence-corrected chi connectivity index (χ4v) is 12.2. The number of nitrogens with one attached hydrogen (secondary N) is 2. The van der Waals surface area contributed by atoms with Crippen molar-refractivity contribution in [2.75, 3.05) is 66.0 Å². The van der Waals surface area contributed by atoms with Gasteiger partial charge in [-0.3, -0.25) is 23.7 Å². The van der Waals surface area contributed by atoms with Gasteiger partial charge in [0.25, 0.3) is 0 Å². The third-order valence-corrected chi connectivity index (χ3v) is 18.4. The number of rotatable bonds is 56. The van der Waals surface area contributed by atoms with Crippen LogP contribution in [0.5, 0.6) is 0 Å². The molecule has 3 aliphatic heterocycles. The van der Waals surface area contributed by atoms with Crippen LogP contribution < -0.4 is 10.6 Å². The largest absolute Gasteiger partial charge is 0.462 e. The number of aliphatic hydroxyl groups is 10. The molecule has 3 rings (SSSR count). The van der Waals surface area contributed by atoms with Crippen LogP contribution in [0.4, 0.5) is 0 Å². The van der Waals surface area contributed by atoms with Gasteiger partial charge in [0, 0.05) is 45.4 Å². The van der Waals surface area contributed by atoms with Crippen molar-refractivity contribution < 1.29 is 122 Å². The number of unbranched alkanes of at least 4 members (excludes halogenated alkanes) is 23. The Morgan fingerprint density at radius 2 is 0.823 bits per heavy atom. The molecule has 0 aromatic carbocycles.